The molecule has 0 aliphatic carbocycles. The van der Waals surface area contributed by atoms with Crippen LogP contribution >= 0.6 is 0 Å². The van der Waals surface area contributed by atoms with Crippen LogP contribution in [0.4, 0.5) is 0 Å². The molecular formula is C13H20N2O9. The van der Waals surface area contributed by atoms with Crippen molar-refractivity contribution in [2.75, 3.05) is 6.61 Å². The Morgan fingerprint density at radius 1 is 1.12 bits per heavy atom. The van der Waals surface area contributed by atoms with Gasteiger partial charge in [0, 0.05) is 12.8 Å². The summed E-state index contributed by atoms with van der Waals surface area (Å²) in [5, 5.41) is 18.5. The minimum Gasteiger partial charge on any atom is -0.396 e. The summed E-state index contributed by atoms with van der Waals surface area (Å²) in [7, 11) is 0. The van der Waals surface area contributed by atoms with Gasteiger partial charge in [-0.25, -0.2) is 4.79 Å². The minimum atomic E-state index is -1.09. The van der Waals surface area contributed by atoms with Crippen molar-refractivity contribution in [3.8, 4) is 0 Å². The van der Waals surface area contributed by atoms with E-state index < -0.39 is 28.7 Å². The maximum atomic E-state index is 11.3. The molecule has 11 heteroatoms. The van der Waals surface area contributed by atoms with Crippen molar-refractivity contribution in [3.63, 3.8) is 0 Å². The lowest BCUT2D eigenvalue weighted by atomic mass is 9.90. The first-order valence-electron chi connectivity index (χ1n) is 7.27. The van der Waals surface area contributed by atoms with Gasteiger partial charge in [0.15, 0.2) is 5.76 Å². The third kappa shape index (κ3) is 7.61. The van der Waals surface area contributed by atoms with Gasteiger partial charge in [0.1, 0.15) is 18.5 Å². The predicted octanol–water partition coefficient (Wildman–Crippen LogP) is 1.93. The molecule has 0 aliphatic rings. The fourth-order valence-electron chi connectivity index (χ4n) is 2.07. The summed E-state index contributed by atoms with van der Waals surface area (Å²) in [6.07, 6.45) is 0.133. The molecule has 0 spiro atoms. The molecule has 1 aromatic rings. The van der Waals surface area contributed by atoms with E-state index in [0.29, 0.717) is 24.4 Å². The van der Waals surface area contributed by atoms with Crippen molar-refractivity contribution in [2.24, 2.45) is 5.41 Å². The van der Waals surface area contributed by atoms with Crippen LogP contribution in [0.2, 0.25) is 0 Å². The van der Waals surface area contributed by atoms with E-state index in [1.165, 1.54) is 0 Å². The summed E-state index contributed by atoms with van der Waals surface area (Å²) in [6.45, 7) is 5.36. The number of nitrogens with zero attached hydrogens (tertiary/aromatic N) is 2. The van der Waals surface area contributed by atoms with E-state index in [1.54, 1.807) is 0 Å². The zero-order chi connectivity index (χ0) is 18.3. The molecule has 0 radical (unpaired) electrons. The van der Waals surface area contributed by atoms with Gasteiger partial charge in [-0.2, -0.15) is 0 Å². The van der Waals surface area contributed by atoms with Crippen LogP contribution in [0.15, 0.2) is 13.6 Å². The van der Waals surface area contributed by atoms with Crippen LogP contribution in [0.25, 0.3) is 0 Å². The molecule has 136 valence electrons. The molecule has 1 rings (SSSR count). The molecule has 24 heavy (non-hydrogen) atoms. The van der Waals surface area contributed by atoms with Crippen molar-refractivity contribution in [3.05, 3.63) is 42.4 Å². The first kappa shape index (κ1) is 19.5. The lowest BCUT2D eigenvalue weighted by molar-refractivity contribution is -0.790. The molecule has 0 bridgehead atoms. The Bertz CT molecular complexity index is 614. The maximum absolute atomic E-state index is 11.3. The van der Waals surface area contributed by atoms with Gasteiger partial charge < -0.3 is 18.5 Å². The average Bonchev–Trinajstić information content (AvgIpc) is 2.73. The lowest BCUT2D eigenvalue weighted by Crippen LogP contribution is -2.24. The van der Waals surface area contributed by atoms with Crippen LogP contribution in [0.5, 0.6) is 0 Å². The van der Waals surface area contributed by atoms with Crippen molar-refractivity contribution in [2.45, 2.75) is 52.6 Å². The Kier molecular flexibility index (Phi) is 6.74. The minimum absolute atomic E-state index is 0.110. The van der Waals surface area contributed by atoms with Crippen LogP contribution in [0.3, 0.4) is 0 Å². The van der Waals surface area contributed by atoms with E-state index in [4.69, 9.17) is 8.83 Å². The highest BCUT2D eigenvalue weighted by atomic mass is 17.0. The molecule has 0 amide bonds. The SMILES string of the molecule is CC(C)(C)Cc1oc(=O)oc1CCCC(CO[N+](=O)[O-])O[N+](=O)[O-]. The molecule has 0 saturated carbocycles. The van der Waals surface area contributed by atoms with Crippen LogP contribution < -0.4 is 5.82 Å². The quantitative estimate of drug-likeness (QED) is 0.456. The van der Waals surface area contributed by atoms with Gasteiger partial charge in [0.2, 0.25) is 0 Å². The molecule has 1 unspecified atom stereocenters. The second-order valence-electron chi connectivity index (χ2n) is 6.40. The van der Waals surface area contributed by atoms with Gasteiger partial charge in [-0.05, 0) is 18.3 Å². The van der Waals surface area contributed by atoms with E-state index >= 15 is 0 Å². The Morgan fingerprint density at radius 3 is 2.29 bits per heavy atom. The molecule has 0 aliphatic heterocycles. The predicted molar refractivity (Wildman–Crippen MR) is 78.2 cm³/mol. The second-order valence-corrected chi connectivity index (χ2v) is 6.40. The molecule has 1 aromatic heterocycles. The van der Waals surface area contributed by atoms with Gasteiger partial charge >= 0.3 is 5.82 Å². The normalized spacial score (nSPS) is 12.6. The fourth-order valence-corrected chi connectivity index (χ4v) is 2.07. The van der Waals surface area contributed by atoms with Crippen molar-refractivity contribution in [1.82, 2.24) is 0 Å². The number of rotatable bonds is 10. The average molecular weight is 348 g/mol. The number of hydrogen-bond donors (Lipinski definition) is 0. The molecule has 1 heterocycles. The van der Waals surface area contributed by atoms with E-state index in [2.05, 4.69) is 9.68 Å². The van der Waals surface area contributed by atoms with E-state index in [-0.39, 0.29) is 18.3 Å². The topological polar surface area (TPSA) is 148 Å². The van der Waals surface area contributed by atoms with E-state index in [0.717, 1.165) is 0 Å². The maximum Gasteiger partial charge on any atom is 0.519 e. The van der Waals surface area contributed by atoms with Gasteiger partial charge in [-0.3, -0.25) is 0 Å². The smallest absolute Gasteiger partial charge is 0.396 e. The summed E-state index contributed by atoms with van der Waals surface area (Å²) < 4.78 is 10.0. The second kappa shape index (κ2) is 8.31. The van der Waals surface area contributed by atoms with Gasteiger partial charge in [0.25, 0.3) is 10.2 Å². The number of aryl methyl sites for hydroxylation is 1. The van der Waals surface area contributed by atoms with E-state index in [9.17, 15) is 25.0 Å². The Hall–Kier alpha value is -2.59. The molecule has 0 fully saturated rings. The largest absolute Gasteiger partial charge is 0.519 e. The molecule has 11 nitrogen and oxygen atoms in total. The highest BCUT2D eigenvalue weighted by Crippen LogP contribution is 2.23. The van der Waals surface area contributed by atoms with Crippen LogP contribution in [-0.2, 0) is 22.5 Å². The summed E-state index contributed by atoms with van der Waals surface area (Å²) in [6, 6.07) is 0. The van der Waals surface area contributed by atoms with Gasteiger partial charge in [-0.15, -0.1) is 20.2 Å². The third-order valence-corrected chi connectivity index (χ3v) is 2.95. The lowest BCUT2D eigenvalue weighted by Gasteiger charge is -2.16. The van der Waals surface area contributed by atoms with Gasteiger partial charge in [-0.1, -0.05) is 20.8 Å². The van der Waals surface area contributed by atoms with Gasteiger partial charge in [0.05, 0.1) is 0 Å². The summed E-state index contributed by atoms with van der Waals surface area (Å²) in [5.74, 6) is -0.00946. The zero-order valence-corrected chi connectivity index (χ0v) is 13.7. The van der Waals surface area contributed by atoms with Crippen molar-refractivity contribution >= 4 is 0 Å². The molecule has 1 atom stereocenters. The van der Waals surface area contributed by atoms with Crippen LogP contribution in [0.1, 0.15) is 45.1 Å². The third-order valence-electron chi connectivity index (χ3n) is 2.95. The molecule has 0 aromatic carbocycles. The Labute approximate surface area is 136 Å². The first-order valence-corrected chi connectivity index (χ1v) is 7.27. The first-order chi connectivity index (χ1) is 11.1. The van der Waals surface area contributed by atoms with Crippen LogP contribution in [-0.4, -0.2) is 22.9 Å². The molecule has 0 saturated heterocycles. The summed E-state index contributed by atoms with van der Waals surface area (Å²) in [5.41, 5.74) is -0.120. The highest BCUT2D eigenvalue weighted by molar-refractivity contribution is 5.05. The molecular weight excluding hydrogens is 328 g/mol. The zero-order valence-electron chi connectivity index (χ0n) is 13.7. The monoisotopic (exact) mass is 348 g/mol. The summed E-state index contributed by atoms with van der Waals surface area (Å²) >= 11 is 0. The number of hydrogen-bond acceptors (Lipinski definition) is 9. The molecule has 0 N–H and O–H groups in total. The van der Waals surface area contributed by atoms with E-state index in [1.807, 2.05) is 20.8 Å². The Morgan fingerprint density at radius 2 is 1.75 bits per heavy atom. The standard InChI is InChI=1S/C13H20N2O9/c1-13(2,3)7-11-10(22-12(16)23-11)6-4-5-9(24-15(19)20)8-21-14(17)18/h9H,4-8H2,1-3H3. The highest BCUT2D eigenvalue weighted by Gasteiger charge is 2.21. The van der Waals surface area contributed by atoms with Crippen molar-refractivity contribution < 1.29 is 28.7 Å². The summed E-state index contributed by atoms with van der Waals surface area (Å²) in [4.78, 5) is 40.3. The fraction of sp³-hybridized carbons (Fsp3) is 0.769. The Balaban J connectivity index is 2.61. The van der Waals surface area contributed by atoms with Crippen molar-refractivity contribution in [1.29, 1.82) is 0 Å². The van der Waals surface area contributed by atoms with Crippen LogP contribution in [0, 0.1) is 25.6 Å².